The molecular formula is C11H14BrNO2S. The summed E-state index contributed by atoms with van der Waals surface area (Å²) in [5.41, 5.74) is 0.302. The number of phenols is 1. The van der Waals surface area contributed by atoms with Gasteiger partial charge in [-0.3, -0.25) is 4.79 Å². The van der Waals surface area contributed by atoms with E-state index in [9.17, 15) is 9.90 Å². The highest BCUT2D eigenvalue weighted by Crippen LogP contribution is 2.22. The van der Waals surface area contributed by atoms with E-state index in [1.165, 1.54) is 6.07 Å². The van der Waals surface area contributed by atoms with Gasteiger partial charge in [-0.15, -0.1) is 0 Å². The molecule has 0 aliphatic heterocycles. The van der Waals surface area contributed by atoms with Gasteiger partial charge in [-0.2, -0.15) is 11.8 Å². The Morgan fingerprint density at radius 1 is 1.62 bits per heavy atom. The second kappa shape index (κ2) is 6.15. The Hall–Kier alpha value is -0.680. The number of carbonyl (C=O) groups is 1. The largest absolute Gasteiger partial charge is 0.507 e. The molecule has 0 aliphatic rings. The smallest absolute Gasteiger partial charge is 0.255 e. The normalized spacial score (nSPS) is 12.2. The molecule has 0 saturated heterocycles. The zero-order valence-electron chi connectivity index (χ0n) is 9.16. The molecule has 1 unspecified atom stereocenters. The van der Waals surface area contributed by atoms with E-state index >= 15 is 0 Å². The Bertz CT molecular complexity index is 384. The molecule has 0 radical (unpaired) electrons. The molecule has 1 amide bonds. The summed E-state index contributed by atoms with van der Waals surface area (Å²) in [5.74, 6) is 0.595. The van der Waals surface area contributed by atoms with Gasteiger partial charge in [0.25, 0.3) is 5.91 Å². The quantitative estimate of drug-likeness (QED) is 0.899. The maximum atomic E-state index is 11.8. The van der Waals surface area contributed by atoms with Crippen LogP contribution < -0.4 is 5.32 Å². The van der Waals surface area contributed by atoms with E-state index in [0.717, 1.165) is 10.2 Å². The number of phenolic OH excluding ortho intramolecular Hbond substituents is 1. The van der Waals surface area contributed by atoms with E-state index in [2.05, 4.69) is 21.2 Å². The summed E-state index contributed by atoms with van der Waals surface area (Å²) < 4.78 is 0.749. The maximum absolute atomic E-state index is 11.8. The summed E-state index contributed by atoms with van der Waals surface area (Å²) in [5, 5.41) is 12.4. The summed E-state index contributed by atoms with van der Waals surface area (Å²) in [6, 6.07) is 4.92. The summed E-state index contributed by atoms with van der Waals surface area (Å²) in [6.07, 6.45) is 1.99. The average molecular weight is 304 g/mol. The van der Waals surface area contributed by atoms with Crippen LogP contribution in [0.2, 0.25) is 0 Å². The summed E-state index contributed by atoms with van der Waals surface area (Å²) in [7, 11) is 0. The first kappa shape index (κ1) is 13.4. The monoisotopic (exact) mass is 303 g/mol. The molecule has 1 rings (SSSR count). The lowest BCUT2D eigenvalue weighted by atomic mass is 10.2. The van der Waals surface area contributed by atoms with E-state index < -0.39 is 0 Å². The van der Waals surface area contributed by atoms with Crippen molar-refractivity contribution in [3.8, 4) is 5.75 Å². The van der Waals surface area contributed by atoms with Gasteiger partial charge in [-0.1, -0.05) is 15.9 Å². The number of thioether (sulfide) groups is 1. The van der Waals surface area contributed by atoms with Crippen molar-refractivity contribution in [2.24, 2.45) is 0 Å². The maximum Gasteiger partial charge on any atom is 0.255 e. The Kier molecular flexibility index (Phi) is 5.15. The van der Waals surface area contributed by atoms with Gasteiger partial charge < -0.3 is 10.4 Å². The van der Waals surface area contributed by atoms with Gasteiger partial charge >= 0.3 is 0 Å². The number of carbonyl (C=O) groups excluding carboxylic acids is 1. The number of aromatic hydroxyl groups is 1. The van der Waals surface area contributed by atoms with Crippen LogP contribution in [-0.2, 0) is 0 Å². The first-order chi connectivity index (χ1) is 7.54. The molecule has 2 N–H and O–H groups in total. The Morgan fingerprint density at radius 2 is 2.31 bits per heavy atom. The first-order valence-corrected chi connectivity index (χ1v) is 7.01. The number of halogens is 1. The van der Waals surface area contributed by atoms with Crippen molar-refractivity contribution in [1.29, 1.82) is 0 Å². The molecule has 0 saturated carbocycles. The average Bonchev–Trinajstić information content (AvgIpc) is 2.17. The molecule has 0 bridgehead atoms. The minimum atomic E-state index is -0.244. The van der Waals surface area contributed by atoms with Crippen LogP contribution in [-0.4, -0.2) is 29.1 Å². The number of rotatable bonds is 4. The lowest BCUT2D eigenvalue weighted by Crippen LogP contribution is -2.34. The highest BCUT2D eigenvalue weighted by molar-refractivity contribution is 9.10. The molecule has 1 aromatic rings. The molecular weight excluding hydrogens is 290 g/mol. The van der Waals surface area contributed by atoms with Crippen molar-refractivity contribution in [1.82, 2.24) is 5.32 Å². The van der Waals surface area contributed by atoms with Crippen molar-refractivity contribution in [2.45, 2.75) is 13.0 Å². The van der Waals surface area contributed by atoms with Crippen LogP contribution in [0.4, 0.5) is 0 Å². The van der Waals surface area contributed by atoms with Crippen LogP contribution in [0.5, 0.6) is 5.75 Å². The fourth-order valence-corrected chi connectivity index (χ4v) is 2.22. The van der Waals surface area contributed by atoms with Gasteiger partial charge in [-0.05, 0) is 31.4 Å². The fraction of sp³-hybridized carbons (Fsp3) is 0.364. The van der Waals surface area contributed by atoms with Crippen molar-refractivity contribution >= 4 is 33.6 Å². The van der Waals surface area contributed by atoms with E-state index in [1.54, 1.807) is 23.9 Å². The Labute approximate surface area is 108 Å². The molecule has 3 nitrogen and oxygen atoms in total. The minimum absolute atomic E-state index is 0.0109. The Balaban J connectivity index is 2.73. The second-order valence-corrected chi connectivity index (χ2v) is 5.32. The van der Waals surface area contributed by atoms with Crippen LogP contribution in [0.1, 0.15) is 17.3 Å². The second-order valence-electron chi connectivity index (χ2n) is 3.49. The standard InChI is InChI=1S/C11H14BrNO2S/c1-7(6-16-2)13-11(15)9-4-3-8(12)5-10(9)14/h3-5,7,14H,6H2,1-2H3,(H,13,15). The zero-order valence-corrected chi connectivity index (χ0v) is 11.6. The highest BCUT2D eigenvalue weighted by atomic mass is 79.9. The number of benzene rings is 1. The fourth-order valence-electron chi connectivity index (χ4n) is 1.29. The van der Waals surface area contributed by atoms with Gasteiger partial charge in [0.1, 0.15) is 5.75 Å². The van der Waals surface area contributed by atoms with E-state index in [1.807, 2.05) is 13.2 Å². The van der Waals surface area contributed by atoms with E-state index in [4.69, 9.17) is 0 Å². The lowest BCUT2D eigenvalue weighted by molar-refractivity contribution is 0.0941. The summed E-state index contributed by atoms with van der Waals surface area (Å²) in [4.78, 5) is 11.8. The topological polar surface area (TPSA) is 49.3 Å². The van der Waals surface area contributed by atoms with Crippen LogP contribution in [0.3, 0.4) is 0 Å². The first-order valence-electron chi connectivity index (χ1n) is 4.83. The van der Waals surface area contributed by atoms with Gasteiger partial charge in [0.15, 0.2) is 0 Å². The van der Waals surface area contributed by atoms with Crippen LogP contribution in [0, 0.1) is 0 Å². The van der Waals surface area contributed by atoms with Crippen molar-refractivity contribution in [3.05, 3.63) is 28.2 Å². The molecule has 0 heterocycles. The Morgan fingerprint density at radius 3 is 2.88 bits per heavy atom. The van der Waals surface area contributed by atoms with E-state index in [0.29, 0.717) is 5.56 Å². The number of nitrogens with one attached hydrogen (secondary N) is 1. The van der Waals surface area contributed by atoms with Crippen LogP contribution >= 0.6 is 27.7 Å². The molecule has 1 aromatic carbocycles. The van der Waals surface area contributed by atoms with Gasteiger partial charge in [0.2, 0.25) is 0 Å². The van der Waals surface area contributed by atoms with Crippen LogP contribution in [0.15, 0.2) is 22.7 Å². The van der Waals surface area contributed by atoms with Crippen LogP contribution in [0.25, 0.3) is 0 Å². The molecule has 0 aromatic heterocycles. The number of hydrogen-bond acceptors (Lipinski definition) is 3. The lowest BCUT2D eigenvalue weighted by Gasteiger charge is -2.13. The third-order valence-corrected chi connectivity index (χ3v) is 3.33. The molecule has 5 heteroatoms. The summed E-state index contributed by atoms with van der Waals surface area (Å²) >= 11 is 4.89. The van der Waals surface area contributed by atoms with Crippen molar-refractivity contribution in [3.63, 3.8) is 0 Å². The predicted molar refractivity (Wildman–Crippen MR) is 71.1 cm³/mol. The zero-order chi connectivity index (χ0) is 12.1. The predicted octanol–water partition coefficient (Wildman–Crippen LogP) is 2.64. The minimum Gasteiger partial charge on any atom is -0.507 e. The van der Waals surface area contributed by atoms with Gasteiger partial charge in [-0.25, -0.2) is 0 Å². The highest BCUT2D eigenvalue weighted by Gasteiger charge is 2.13. The molecule has 0 aliphatic carbocycles. The third-order valence-electron chi connectivity index (χ3n) is 2.00. The van der Waals surface area contributed by atoms with Crippen molar-refractivity contribution in [2.75, 3.05) is 12.0 Å². The SMILES string of the molecule is CSCC(C)NC(=O)c1ccc(Br)cc1O. The molecule has 88 valence electrons. The van der Waals surface area contributed by atoms with E-state index in [-0.39, 0.29) is 17.7 Å². The number of amides is 1. The molecule has 0 spiro atoms. The third kappa shape index (κ3) is 3.72. The molecule has 0 fully saturated rings. The van der Waals surface area contributed by atoms with Gasteiger partial charge in [0, 0.05) is 16.3 Å². The van der Waals surface area contributed by atoms with Crippen molar-refractivity contribution < 1.29 is 9.90 Å². The number of hydrogen-bond donors (Lipinski definition) is 2. The molecule has 16 heavy (non-hydrogen) atoms. The molecule has 1 atom stereocenters. The van der Waals surface area contributed by atoms with Gasteiger partial charge in [0.05, 0.1) is 5.56 Å². The summed E-state index contributed by atoms with van der Waals surface area (Å²) in [6.45, 7) is 1.93.